The lowest BCUT2D eigenvalue weighted by atomic mass is 10.4. The predicted octanol–water partition coefficient (Wildman–Crippen LogP) is 2.51. The van der Waals surface area contributed by atoms with Gasteiger partial charge in [-0.2, -0.15) is 0 Å². The van der Waals surface area contributed by atoms with Crippen molar-refractivity contribution in [3.8, 4) is 15.8 Å². The number of hydrogen-bond donors (Lipinski definition) is 0. The molecule has 0 aromatic carbocycles. The Morgan fingerprint density at radius 3 is 2.78 bits per heavy atom. The number of rotatable bonds is 4. The van der Waals surface area contributed by atoms with Crippen LogP contribution >= 0.6 is 22.7 Å². The summed E-state index contributed by atoms with van der Waals surface area (Å²) in [5, 5.41) is 3.88. The van der Waals surface area contributed by atoms with Gasteiger partial charge in [-0.3, -0.25) is 9.63 Å². The van der Waals surface area contributed by atoms with E-state index >= 15 is 0 Å². The lowest BCUT2D eigenvalue weighted by molar-refractivity contribution is -0.0755. The summed E-state index contributed by atoms with van der Waals surface area (Å²) in [5.41, 5.74) is 0. The van der Waals surface area contributed by atoms with Crippen LogP contribution in [0.15, 0.2) is 17.5 Å². The van der Waals surface area contributed by atoms with Crippen LogP contribution in [0.2, 0.25) is 0 Å². The second-order valence-electron chi connectivity index (χ2n) is 3.32. The molecule has 0 aliphatic heterocycles. The zero-order chi connectivity index (χ0) is 13.1. The fraction of sp³-hybridized carbons (Fsp3) is 0.273. The fourth-order valence-electron chi connectivity index (χ4n) is 1.31. The number of hydroxylamine groups is 2. The maximum Gasteiger partial charge on any atom is 0.292 e. The van der Waals surface area contributed by atoms with Crippen molar-refractivity contribution in [1.82, 2.24) is 10.0 Å². The molecule has 2 aromatic heterocycles. The zero-order valence-electron chi connectivity index (χ0n) is 10.2. The van der Waals surface area contributed by atoms with Crippen molar-refractivity contribution in [3.05, 3.63) is 22.4 Å². The molecule has 7 heteroatoms. The lowest BCUT2D eigenvalue weighted by Crippen LogP contribution is -2.24. The van der Waals surface area contributed by atoms with Crippen LogP contribution in [0.5, 0.6) is 5.88 Å². The summed E-state index contributed by atoms with van der Waals surface area (Å²) in [6.07, 6.45) is 0. The molecule has 18 heavy (non-hydrogen) atoms. The highest BCUT2D eigenvalue weighted by atomic mass is 32.1. The summed E-state index contributed by atoms with van der Waals surface area (Å²) in [6, 6.07) is 3.90. The first-order chi connectivity index (χ1) is 8.67. The minimum absolute atomic E-state index is 0.269. The van der Waals surface area contributed by atoms with E-state index in [0.717, 1.165) is 14.9 Å². The number of thiophene rings is 1. The molecular weight excluding hydrogens is 272 g/mol. The first-order valence-electron chi connectivity index (χ1n) is 5.08. The summed E-state index contributed by atoms with van der Waals surface area (Å²) in [4.78, 5) is 22.7. The number of methoxy groups -OCH3 is 1. The first-order valence-corrected chi connectivity index (χ1v) is 6.77. The molecule has 0 N–H and O–H groups in total. The predicted molar refractivity (Wildman–Crippen MR) is 71.1 cm³/mol. The van der Waals surface area contributed by atoms with Crippen LogP contribution in [0.4, 0.5) is 0 Å². The van der Waals surface area contributed by atoms with E-state index in [1.54, 1.807) is 18.4 Å². The third-order valence-corrected chi connectivity index (χ3v) is 4.34. The minimum Gasteiger partial charge on any atom is -0.480 e. The quantitative estimate of drug-likeness (QED) is 0.810. The van der Waals surface area contributed by atoms with Crippen LogP contribution in [-0.2, 0) is 4.84 Å². The summed E-state index contributed by atoms with van der Waals surface area (Å²) in [6.45, 7) is 0. The monoisotopic (exact) mass is 284 g/mol. The average Bonchev–Trinajstić information content (AvgIpc) is 3.04. The van der Waals surface area contributed by atoms with Gasteiger partial charge in [0.2, 0.25) is 5.88 Å². The van der Waals surface area contributed by atoms with Gasteiger partial charge in [0.1, 0.15) is 5.01 Å². The Hall–Kier alpha value is -1.44. The van der Waals surface area contributed by atoms with Crippen molar-refractivity contribution in [2.75, 3.05) is 21.3 Å². The zero-order valence-corrected chi connectivity index (χ0v) is 11.8. The molecule has 0 saturated heterocycles. The third kappa shape index (κ3) is 2.38. The number of aromatic nitrogens is 1. The number of thiazole rings is 1. The van der Waals surface area contributed by atoms with E-state index in [-0.39, 0.29) is 5.91 Å². The van der Waals surface area contributed by atoms with Crippen LogP contribution in [0.1, 0.15) is 9.67 Å². The Bertz CT molecular complexity index is 536. The van der Waals surface area contributed by atoms with Gasteiger partial charge in [-0.15, -0.1) is 22.7 Å². The molecule has 2 rings (SSSR count). The van der Waals surface area contributed by atoms with Gasteiger partial charge in [0.25, 0.3) is 5.91 Å². The molecule has 0 radical (unpaired) electrons. The molecule has 0 fully saturated rings. The number of amides is 1. The van der Waals surface area contributed by atoms with E-state index in [1.165, 1.54) is 25.6 Å². The van der Waals surface area contributed by atoms with Gasteiger partial charge >= 0.3 is 0 Å². The molecule has 1 amide bonds. The van der Waals surface area contributed by atoms with E-state index < -0.39 is 0 Å². The average molecular weight is 284 g/mol. The van der Waals surface area contributed by atoms with Crippen molar-refractivity contribution in [2.24, 2.45) is 0 Å². The summed E-state index contributed by atoms with van der Waals surface area (Å²) in [7, 11) is 4.48. The smallest absolute Gasteiger partial charge is 0.292 e. The molecule has 0 unspecified atom stereocenters. The van der Waals surface area contributed by atoms with Crippen molar-refractivity contribution in [2.45, 2.75) is 0 Å². The highest BCUT2D eigenvalue weighted by molar-refractivity contribution is 7.22. The Balaban J connectivity index is 2.39. The van der Waals surface area contributed by atoms with E-state index in [2.05, 4.69) is 4.98 Å². The maximum atomic E-state index is 12.0. The summed E-state index contributed by atoms with van der Waals surface area (Å²) in [5.74, 6) is 0.0620. The van der Waals surface area contributed by atoms with Crippen LogP contribution in [-0.4, -0.2) is 37.2 Å². The molecule has 0 aliphatic rings. The molecular formula is C11H12N2O3S2. The number of nitrogens with zero attached hydrogens (tertiary/aromatic N) is 2. The van der Waals surface area contributed by atoms with Crippen molar-refractivity contribution >= 4 is 28.6 Å². The Morgan fingerprint density at radius 2 is 2.22 bits per heavy atom. The normalized spacial score (nSPS) is 10.4. The van der Waals surface area contributed by atoms with Gasteiger partial charge < -0.3 is 4.74 Å². The van der Waals surface area contributed by atoms with Crippen LogP contribution in [0, 0.1) is 0 Å². The number of carbonyl (C=O) groups excluding carboxylic acids is 1. The SMILES string of the molecule is COc1nc(-c2cccs2)sc1C(=O)N(C)OC. The highest BCUT2D eigenvalue weighted by Gasteiger charge is 2.23. The molecule has 0 aliphatic carbocycles. The number of ether oxygens (including phenoxy) is 1. The largest absolute Gasteiger partial charge is 0.480 e. The molecule has 2 aromatic rings. The van der Waals surface area contributed by atoms with Gasteiger partial charge in [0, 0.05) is 7.05 Å². The Kier molecular flexibility index (Phi) is 3.95. The topological polar surface area (TPSA) is 51.7 Å². The van der Waals surface area contributed by atoms with Gasteiger partial charge in [0.15, 0.2) is 4.88 Å². The van der Waals surface area contributed by atoms with Crippen molar-refractivity contribution < 1.29 is 14.4 Å². The first kappa shape index (κ1) is 13.0. The van der Waals surface area contributed by atoms with Crippen LogP contribution in [0.3, 0.4) is 0 Å². The van der Waals surface area contributed by atoms with E-state index in [4.69, 9.17) is 9.57 Å². The van der Waals surface area contributed by atoms with Gasteiger partial charge in [-0.25, -0.2) is 10.0 Å². The maximum absolute atomic E-state index is 12.0. The van der Waals surface area contributed by atoms with E-state index in [0.29, 0.717) is 10.8 Å². The highest BCUT2D eigenvalue weighted by Crippen LogP contribution is 2.35. The van der Waals surface area contributed by atoms with Crippen molar-refractivity contribution in [3.63, 3.8) is 0 Å². The van der Waals surface area contributed by atoms with Crippen LogP contribution < -0.4 is 4.74 Å². The molecule has 2 heterocycles. The van der Waals surface area contributed by atoms with Gasteiger partial charge in [-0.05, 0) is 11.4 Å². The molecule has 5 nitrogen and oxygen atoms in total. The van der Waals surface area contributed by atoms with Gasteiger partial charge in [-0.1, -0.05) is 6.07 Å². The molecule has 0 saturated carbocycles. The van der Waals surface area contributed by atoms with Gasteiger partial charge in [0.05, 0.1) is 19.1 Å². The second-order valence-corrected chi connectivity index (χ2v) is 5.27. The van der Waals surface area contributed by atoms with Crippen LogP contribution in [0.25, 0.3) is 9.88 Å². The number of hydrogen-bond acceptors (Lipinski definition) is 6. The second kappa shape index (κ2) is 5.47. The molecule has 0 bridgehead atoms. The Morgan fingerprint density at radius 1 is 1.44 bits per heavy atom. The third-order valence-electron chi connectivity index (χ3n) is 2.28. The minimum atomic E-state index is -0.269. The summed E-state index contributed by atoms with van der Waals surface area (Å²) < 4.78 is 5.14. The molecule has 0 atom stereocenters. The molecule has 96 valence electrons. The number of carbonyl (C=O) groups is 1. The molecule has 0 spiro atoms. The van der Waals surface area contributed by atoms with E-state index in [1.807, 2.05) is 17.5 Å². The fourth-order valence-corrected chi connectivity index (χ4v) is 3.11. The Labute approximate surface area is 113 Å². The summed E-state index contributed by atoms with van der Waals surface area (Å²) >= 11 is 2.87. The lowest BCUT2D eigenvalue weighted by Gasteiger charge is -2.12. The standard InChI is InChI=1S/C11H12N2O3S2/c1-13(16-3)11(14)8-9(15-2)12-10(18-8)7-5-4-6-17-7/h4-6H,1-3H3. The van der Waals surface area contributed by atoms with Crippen molar-refractivity contribution in [1.29, 1.82) is 0 Å². The van der Waals surface area contributed by atoms with E-state index in [9.17, 15) is 4.79 Å².